The lowest BCUT2D eigenvalue weighted by Crippen LogP contribution is -2.15. The fourth-order valence-electron chi connectivity index (χ4n) is 2.42. The number of fused-ring (bicyclic) bond motifs is 1. The zero-order chi connectivity index (χ0) is 13.8. The molecule has 0 atom stereocenters. The van der Waals surface area contributed by atoms with E-state index in [4.69, 9.17) is 15.2 Å². The quantitative estimate of drug-likeness (QED) is 0.927. The van der Waals surface area contributed by atoms with Crippen molar-refractivity contribution in [3.8, 4) is 11.5 Å². The predicted molar refractivity (Wildman–Crippen MR) is 79.4 cm³/mol. The smallest absolute Gasteiger partial charge is 0.161 e. The Morgan fingerprint density at radius 1 is 0.800 bits per heavy atom. The highest BCUT2D eigenvalue weighted by Gasteiger charge is 2.11. The van der Waals surface area contributed by atoms with E-state index in [1.807, 2.05) is 6.07 Å². The molecule has 1 aliphatic rings. The van der Waals surface area contributed by atoms with E-state index in [2.05, 4.69) is 36.4 Å². The van der Waals surface area contributed by atoms with Crippen molar-refractivity contribution in [2.75, 3.05) is 19.8 Å². The zero-order valence-electron chi connectivity index (χ0n) is 11.5. The molecule has 0 unspecified atom stereocenters. The molecule has 0 aliphatic carbocycles. The standard InChI is InChI=1S/C17H19NO2/c18-8-7-13-1-3-14(4-2-13)11-15-5-6-16-17(12-15)20-10-9-19-16/h1-6,12H,7-11,18H2. The van der Waals surface area contributed by atoms with Crippen LogP contribution in [0.3, 0.4) is 0 Å². The molecule has 0 bridgehead atoms. The van der Waals surface area contributed by atoms with Gasteiger partial charge in [-0.15, -0.1) is 0 Å². The minimum atomic E-state index is 0.629. The Bertz CT molecular complexity index is 578. The first-order valence-corrected chi connectivity index (χ1v) is 7.01. The van der Waals surface area contributed by atoms with Crippen molar-refractivity contribution in [1.29, 1.82) is 0 Å². The fraction of sp³-hybridized carbons (Fsp3) is 0.294. The first-order valence-electron chi connectivity index (χ1n) is 7.01. The summed E-state index contributed by atoms with van der Waals surface area (Å²) in [6, 6.07) is 14.8. The minimum absolute atomic E-state index is 0.629. The van der Waals surface area contributed by atoms with Crippen LogP contribution < -0.4 is 15.2 Å². The summed E-state index contributed by atoms with van der Waals surface area (Å²) in [6.45, 7) is 1.96. The first-order chi connectivity index (χ1) is 9.85. The number of nitrogens with two attached hydrogens (primary N) is 1. The van der Waals surface area contributed by atoms with Crippen LogP contribution >= 0.6 is 0 Å². The lowest BCUT2D eigenvalue weighted by Gasteiger charge is -2.18. The normalized spacial score (nSPS) is 13.2. The molecule has 0 radical (unpaired) electrons. The maximum absolute atomic E-state index is 5.61. The summed E-state index contributed by atoms with van der Waals surface area (Å²) in [5.41, 5.74) is 9.38. The topological polar surface area (TPSA) is 44.5 Å². The number of benzene rings is 2. The molecule has 0 saturated heterocycles. The largest absolute Gasteiger partial charge is 0.486 e. The average Bonchev–Trinajstić information content (AvgIpc) is 2.49. The van der Waals surface area contributed by atoms with Crippen molar-refractivity contribution < 1.29 is 9.47 Å². The second-order valence-corrected chi connectivity index (χ2v) is 5.01. The molecule has 2 aromatic rings. The molecule has 20 heavy (non-hydrogen) atoms. The summed E-state index contributed by atoms with van der Waals surface area (Å²) in [5, 5.41) is 0. The van der Waals surface area contributed by atoms with E-state index in [0.29, 0.717) is 19.8 Å². The van der Waals surface area contributed by atoms with Gasteiger partial charge in [-0.2, -0.15) is 0 Å². The van der Waals surface area contributed by atoms with Gasteiger partial charge in [-0.05, 0) is 48.2 Å². The molecule has 0 fully saturated rings. The molecular formula is C17H19NO2. The summed E-state index contributed by atoms with van der Waals surface area (Å²) in [5.74, 6) is 1.70. The Morgan fingerprint density at radius 2 is 1.45 bits per heavy atom. The monoisotopic (exact) mass is 269 g/mol. The molecule has 2 aromatic carbocycles. The van der Waals surface area contributed by atoms with Crippen LogP contribution in [0.5, 0.6) is 11.5 Å². The van der Waals surface area contributed by atoms with E-state index in [1.54, 1.807) is 0 Å². The van der Waals surface area contributed by atoms with Crippen LogP contribution in [0.4, 0.5) is 0 Å². The van der Waals surface area contributed by atoms with Gasteiger partial charge in [-0.25, -0.2) is 0 Å². The highest BCUT2D eigenvalue weighted by atomic mass is 16.6. The Labute approximate surface area is 119 Å². The van der Waals surface area contributed by atoms with Gasteiger partial charge in [-0.3, -0.25) is 0 Å². The van der Waals surface area contributed by atoms with Gasteiger partial charge >= 0.3 is 0 Å². The second-order valence-electron chi connectivity index (χ2n) is 5.01. The van der Waals surface area contributed by atoms with Crippen LogP contribution in [0.2, 0.25) is 0 Å². The third-order valence-electron chi connectivity index (χ3n) is 3.47. The van der Waals surface area contributed by atoms with E-state index >= 15 is 0 Å². The highest BCUT2D eigenvalue weighted by Crippen LogP contribution is 2.31. The van der Waals surface area contributed by atoms with E-state index in [1.165, 1.54) is 16.7 Å². The third-order valence-corrected chi connectivity index (χ3v) is 3.47. The van der Waals surface area contributed by atoms with E-state index in [9.17, 15) is 0 Å². The number of rotatable bonds is 4. The Kier molecular flexibility index (Phi) is 3.88. The Morgan fingerprint density at radius 3 is 2.20 bits per heavy atom. The summed E-state index contributed by atoms with van der Waals surface area (Å²) in [7, 11) is 0. The summed E-state index contributed by atoms with van der Waals surface area (Å²) in [6.07, 6.45) is 1.84. The van der Waals surface area contributed by atoms with Crippen molar-refractivity contribution in [2.24, 2.45) is 5.73 Å². The average molecular weight is 269 g/mol. The van der Waals surface area contributed by atoms with Crippen LogP contribution in [0.1, 0.15) is 16.7 Å². The van der Waals surface area contributed by atoms with Gasteiger partial charge in [-0.1, -0.05) is 30.3 Å². The molecule has 104 valence electrons. The lowest BCUT2D eigenvalue weighted by molar-refractivity contribution is 0.171. The van der Waals surface area contributed by atoms with E-state index < -0.39 is 0 Å². The molecule has 1 heterocycles. The SMILES string of the molecule is NCCc1ccc(Cc2ccc3c(c2)OCCO3)cc1. The Balaban J connectivity index is 1.73. The first kappa shape index (κ1) is 13.0. The molecule has 0 saturated carbocycles. The number of hydrogen-bond acceptors (Lipinski definition) is 3. The summed E-state index contributed by atoms with van der Waals surface area (Å²) in [4.78, 5) is 0. The van der Waals surface area contributed by atoms with Crippen LogP contribution in [-0.2, 0) is 12.8 Å². The third kappa shape index (κ3) is 2.94. The van der Waals surface area contributed by atoms with Gasteiger partial charge in [0.2, 0.25) is 0 Å². The van der Waals surface area contributed by atoms with Crippen LogP contribution in [-0.4, -0.2) is 19.8 Å². The molecule has 3 nitrogen and oxygen atoms in total. The highest BCUT2D eigenvalue weighted by molar-refractivity contribution is 5.45. The van der Waals surface area contributed by atoms with E-state index in [-0.39, 0.29) is 0 Å². The molecule has 1 aliphatic heterocycles. The maximum atomic E-state index is 5.61. The molecular weight excluding hydrogens is 250 g/mol. The van der Waals surface area contributed by atoms with Gasteiger partial charge in [0, 0.05) is 0 Å². The lowest BCUT2D eigenvalue weighted by atomic mass is 10.0. The van der Waals surface area contributed by atoms with Gasteiger partial charge in [0.1, 0.15) is 13.2 Å². The summed E-state index contributed by atoms with van der Waals surface area (Å²) < 4.78 is 11.1. The number of ether oxygens (including phenoxy) is 2. The van der Waals surface area contributed by atoms with E-state index in [0.717, 1.165) is 24.3 Å². The van der Waals surface area contributed by atoms with Gasteiger partial charge in [0.05, 0.1) is 0 Å². The van der Waals surface area contributed by atoms with Crippen molar-refractivity contribution in [3.63, 3.8) is 0 Å². The van der Waals surface area contributed by atoms with Gasteiger partial charge < -0.3 is 15.2 Å². The number of hydrogen-bond donors (Lipinski definition) is 1. The van der Waals surface area contributed by atoms with Crippen LogP contribution in [0, 0.1) is 0 Å². The molecule has 3 rings (SSSR count). The fourth-order valence-corrected chi connectivity index (χ4v) is 2.42. The zero-order valence-corrected chi connectivity index (χ0v) is 11.5. The van der Waals surface area contributed by atoms with Gasteiger partial charge in [0.25, 0.3) is 0 Å². The van der Waals surface area contributed by atoms with Crippen LogP contribution in [0.15, 0.2) is 42.5 Å². The van der Waals surface area contributed by atoms with Crippen molar-refractivity contribution in [1.82, 2.24) is 0 Å². The van der Waals surface area contributed by atoms with Crippen LogP contribution in [0.25, 0.3) is 0 Å². The second kappa shape index (κ2) is 5.97. The summed E-state index contributed by atoms with van der Waals surface area (Å²) >= 11 is 0. The maximum Gasteiger partial charge on any atom is 0.161 e. The minimum Gasteiger partial charge on any atom is -0.486 e. The molecule has 0 spiro atoms. The van der Waals surface area contributed by atoms with Crippen molar-refractivity contribution in [2.45, 2.75) is 12.8 Å². The molecule has 2 N–H and O–H groups in total. The Hall–Kier alpha value is -2.00. The van der Waals surface area contributed by atoms with Crippen molar-refractivity contribution in [3.05, 3.63) is 59.2 Å². The molecule has 0 aromatic heterocycles. The molecule has 3 heteroatoms. The predicted octanol–water partition coefficient (Wildman–Crippen LogP) is 2.55. The van der Waals surface area contributed by atoms with Gasteiger partial charge in [0.15, 0.2) is 11.5 Å². The molecule has 0 amide bonds. The van der Waals surface area contributed by atoms with Crippen molar-refractivity contribution >= 4 is 0 Å².